The van der Waals surface area contributed by atoms with Gasteiger partial charge in [0, 0.05) is 5.56 Å². The molecule has 0 fully saturated rings. The molecule has 1 aromatic heterocycles. The summed E-state index contributed by atoms with van der Waals surface area (Å²) in [6.45, 7) is 2.90. The number of ether oxygens (including phenoxy) is 2. The molecule has 1 amide bonds. The van der Waals surface area contributed by atoms with Gasteiger partial charge in [0.2, 0.25) is 5.89 Å². The maximum absolute atomic E-state index is 12.5. The molecule has 0 saturated carbocycles. The van der Waals surface area contributed by atoms with Crippen LogP contribution in [-0.4, -0.2) is 35.0 Å². The number of nitrogens with one attached hydrogen (secondary N) is 1. The maximum Gasteiger partial charge on any atom is 0.361 e. The van der Waals surface area contributed by atoms with E-state index in [0.29, 0.717) is 5.56 Å². The zero-order valence-corrected chi connectivity index (χ0v) is 16.9. The number of rotatable bonds is 7. The van der Waals surface area contributed by atoms with Crippen molar-refractivity contribution in [2.45, 2.75) is 20.0 Å². The SMILES string of the molecule is COc1ccc(NC(=O)C(C)OC(=O)c2nc(-c3ccccc3)oc2C)c([N+](=O)[O-])c1. The van der Waals surface area contributed by atoms with E-state index in [-0.39, 0.29) is 34.5 Å². The number of oxazole rings is 1. The second kappa shape index (κ2) is 9.08. The lowest BCUT2D eigenvalue weighted by Crippen LogP contribution is -2.30. The molecule has 10 heteroatoms. The number of hydrogen-bond acceptors (Lipinski definition) is 8. The van der Waals surface area contributed by atoms with Crippen LogP contribution in [0.4, 0.5) is 11.4 Å². The number of anilines is 1. The highest BCUT2D eigenvalue weighted by atomic mass is 16.6. The van der Waals surface area contributed by atoms with Crippen molar-refractivity contribution in [2.24, 2.45) is 0 Å². The first kappa shape index (κ1) is 21.5. The van der Waals surface area contributed by atoms with Crippen LogP contribution in [0.15, 0.2) is 52.9 Å². The summed E-state index contributed by atoms with van der Waals surface area (Å²) in [4.78, 5) is 39.7. The third-order valence-electron chi connectivity index (χ3n) is 4.32. The monoisotopic (exact) mass is 425 g/mol. The Morgan fingerprint density at radius 1 is 1.19 bits per heavy atom. The Kier molecular flexibility index (Phi) is 6.29. The summed E-state index contributed by atoms with van der Waals surface area (Å²) in [6.07, 6.45) is -1.24. The van der Waals surface area contributed by atoms with Gasteiger partial charge in [-0.15, -0.1) is 0 Å². The van der Waals surface area contributed by atoms with Gasteiger partial charge in [0.15, 0.2) is 11.8 Å². The fourth-order valence-corrected chi connectivity index (χ4v) is 2.69. The second-order valence-corrected chi connectivity index (χ2v) is 6.47. The third-order valence-corrected chi connectivity index (χ3v) is 4.32. The summed E-state index contributed by atoms with van der Waals surface area (Å²) in [5, 5.41) is 13.6. The highest BCUT2D eigenvalue weighted by Gasteiger charge is 2.26. The number of benzene rings is 2. The average molecular weight is 425 g/mol. The Morgan fingerprint density at radius 2 is 1.90 bits per heavy atom. The number of methoxy groups -OCH3 is 1. The number of hydrogen-bond donors (Lipinski definition) is 1. The molecule has 1 atom stereocenters. The molecule has 3 rings (SSSR count). The van der Waals surface area contributed by atoms with Crippen molar-refractivity contribution in [1.82, 2.24) is 4.98 Å². The Morgan fingerprint density at radius 3 is 2.55 bits per heavy atom. The lowest BCUT2D eigenvalue weighted by molar-refractivity contribution is -0.384. The molecule has 2 aromatic carbocycles. The first-order chi connectivity index (χ1) is 14.8. The quantitative estimate of drug-likeness (QED) is 0.344. The predicted octanol–water partition coefficient (Wildman–Crippen LogP) is 3.75. The molecule has 1 heterocycles. The van der Waals surface area contributed by atoms with Crippen LogP contribution in [0.25, 0.3) is 11.5 Å². The van der Waals surface area contributed by atoms with Gasteiger partial charge in [-0.2, -0.15) is 0 Å². The van der Waals surface area contributed by atoms with Crippen LogP contribution in [0.2, 0.25) is 0 Å². The molecule has 10 nitrogen and oxygen atoms in total. The number of carbonyl (C=O) groups excluding carboxylic acids is 2. The molecule has 0 aliphatic carbocycles. The average Bonchev–Trinajstić information content (AvgIpc) is 3.16. The van der Waals surface area contributed by atoms with Gasteiger partial charge < -0.3 is 19.2 Å². The highest BCUT2D eigenvalue weighted by Crippen LogP contribution is 2.29. The Hall–Kier alpha value is -4.21. The Balaban J connectivity index is 1.71. The molecule has 160 valence electrons. The normalized spacial score (nSPS) is 11.5. The van der Waals surface area contributed by atoms with Crippen LogP contribution in [0.5, 0.6) is 5.75 Å². The van der Waals surface area contributed by atoms with Gasteiger partial charge in [-0.1, -0.05) is 18.2 Å². The molecule has 1 N–H and O–H groups in total. The fourth-order valence-electron chi connectivity index (χ4n) is 2.69. The lowest BCUT2D eigenvalue weighted by atomic mass is 10.2. The summed E-state index contributed by atoms with van der Waals surface area (Å²) >= 11 is 0. The van der Waals surface area contributed by atoms with Gasteiger partial charge in [0.1, 0.15) is 17.2 Å². The minimum atomic E-state index is -1.24. The van der Waals surface area contributed by atoms with Crippen molar-refractivity contribution in [2.75, 3.05) is 12.4 Å². The zero-order chi connectivity index (χ0) is 22.5. The van der Waals surface area contributed by atoms with Crippen molar-refractivity contribution in [3.63, 3.8) is 0 Å². The topological polar surface area (TPSA) is 134 Å². The van der Waals surface area contributed by atoms with Crippen LogP contribution >= 0.6 is 0 Å². The molecule has 0 spiro atoms. The van der Waals surface area contributed by atoms with Crippen LogP contribution in [-0.2, 0) is 9.53 Å². The van der Waals surface area contributed by atoms with Gasteiger partial charge in [0.25, 0.3) is 11.6 Å². The first-order valence-electron chi connectivity index (χ1n) is 9.17. The molecular weight excluding hydrogens is 406 g/mol. The van der Waals surface area contributed by atoms with Gasteiger partial charge >= 0.3 is 5.97 Å². The van der Waals surface area contributed by atoms with E-state index in [4.69, 9.17) is 13.9 Å². The minimum Gasteiger partial charge on any atom is -0.496 e. The molecule has 0 bridgehead atoms. The van der Waals surface area contributed by atoms with Gasteiger partial charge in [-0.25, -0.2) is 9.78 Å². The van der Waals surface area contributed by atoms with Crippen LogP contribution < -0.4 is 10.1 Å². The third kappa shape index (κ3) is 4.86. The molecule has 0 aliphatic rings. The zero-order valence-electron chi connectivity index (χ0n) is 16.9. The second-order valence-electron chi connectivity index (χ2n) is 6.47. The summed E-state index contributed by atoms with van der Waals surface area (Å²) < 4.78 is 15.7. The molecule has 3 aromatic rings. The number of carbonyl (C=O) groups is 2. The van der Waals surface area contributed by atoms with Crippen LogP contribution in [0.3, 0.4) is 0 Å². The minimum absolute atomic E-state index is 0.0531. The Labute approximate surface area is 177 Å². The van der Waals surface area contributed by atoms with E-state index in [1.165, 1.54) is 32.2 Å². The lowest BCUT2D eigenvalue weighted by Gasteiger charge is -2.13. The molecular formula is C21H19N3O7. The smallest absolute Gasteiger partial charge is 0.361 e. The summed E-state index contributed by atoms with van der Waals surface area (Å²) in [6, 6.07) is 13.0. The van der Waals surface area contributed by atoms with Crippen molar-refractivity contribution < 1.29 is 28.4 Å². The summed E-state index contributed by atoms with van der Waals surface area (Å²) in [7, 11) is 1.37. The highest BCUT2D eigenvalue weighted by molar-refractivity contribution is 5.98. The summed E-state index contributed by atoms with van der Waals surface area (Å²) in [5.41, 5.74) is 0.213. The van der Waals surface area contributed by atoms with Gasteiger partial charge in [-0.3, -0.25) is 14.9 Å². The van der Waals surface area contributed by atoms with Gasteiger partial charge in [-0.05, 0) is 38.1 Å². The van der Waals surface area contributed by atoms with Crippen molar-refractivity contribution in [3.8, 4) is 17.2 Å². The number of aryl methyl sites for hydroxylation is 1. The molecule has 0 aliphatic heterocycles. The van der Waals surface area contributed by atoms with E-state index < -0.39 is 22.9 Å². The first-order valence-corrected chi connectivity index (χ1v) is 9.17. The Bertz CT molecular complexity index is 1130. The molecule has 31 heavy (non-hydrogen) atoms. The molecule has 0 saturated heterocycles. The number of esters is 1. The standard InChI is InChI=1S/C21H19N3O7/c1-12-18(23-20(30-12)14-7-5-4-6-8-14)21(26)31-13(2)19(25)22-16-10-9-15(29-3)11-17(16)24(27)28/h4-11,13H,1-3H3,(H,22,25). The molecule has 0 radical (unpaired) electrons. The molecule has 1 unspecified atom stereocenters. The number of nitro groups is 1. The van der Waals surface area contributed by atoms with E-state index in [1.807, 2.05) is 6.07 Å². The number of nitro benzene ring substituents is 1. The predicted molar refractivity (Wildman–Crippen MR) is 110 cm³/mol. The van der Waals surface area contributed by atoms with Crippen LogP contribution in [0.1, 0.15) is 23.2 Å². The van der Waals surface area contributed by atoms with Gasteiger partial charge in [0.05, 0.1) is 18.1 Å². The van der Waals surface area contributed by atoms with Crippen molar-refractivity contribution in [1.29, 1.82) is 0 Å². The van der Waals surface area contributed by atoms with E-state index in [9.17, 15) is 19.7 Å². The summed E-state index contributed by atoms with van der Waals surface area (Å²) in [5.74, 6) is -0.848. The largest absolute Gasteiger partial charge is 0.496 e. The van der Waals surface area contributed by atoms with E-state index in [2.05, 4.69) is 10.3 Å². The van der Waals surface area contributed by atoms with Crippen LogP contribution in [0, 0.1) is 17.0 Å². The van der Waals surface area contributed by atoms with Crippen molar-refractivity contribution in [3.05, 3.63) is 70.1 Å². The van der Waals surface area contributed by atoms with E-state index >= 15 is 0 Å². The van der Waals surface area contributed by atoms with E-state index in [0.717, 1.165) is 0 Å². The van der Waals surface area contributed by atoms with E-state index in [1.54, 1.807) is 31.2 Å². The fraction of sp³-hybridized carbons (Fsp3) is 0.190. The number of aromatic nitrogens is 1. The maximum atomic E-state index is 12.5. The number of amides is 1. The number of nitrogens with zero attached hydrogens (tertiary/aromatic N) is 2. The van der Waals surface area contributed by atoms with Crippen molar-refractivity contribution >= 4 is 23.3 Å².